The molecule has 1 aliphatic heterocycles. The lowest BCUT2D eigenvalue weighted by Gasteiger charge is -2.27. The van der Waals surface area contributed by atoms with Gasteiger partial charge in [0.1, 0.15) is 5.82 Å². The van der Waals surface area contributed by atoms with Gasteiger partial charge in [0.2, 0.25) is 0 Å². The van der Waals surface area contributed by atoms with Crippen molar-refractivity contribution in [3.63, 3.8) is 0 Å². The molecule has 0 radical (unpaired) electrons. The van der Waals surface area contributed by atoms with Crippen LogP contribution in [0.4, 0.5) is 0 Å². The smallest absolute Gasteiger partial charge is 0.255 e. The molecule has 0 saturated heterocycles. The van der Waals surface area contributed by atoms with E-state index >= 15 is 0 Å². The summed E-state index contributed by atoms with van der Waals surface area (Å²) in [5.41, 5.74) is 6.11. The second-order valence-electron chi connectivity index (χ2n) is 6.94. The van der Waals surface area contributed by atoms with Crippen molar-refractivity contribution in [3.05, 3.63) is 68.9 Å². The summed E-state index contributed by atoms with van der Waals surface area (Å²) >= 11 is 0. The number of nitrogens with one attached hydrogen (secondary N) is 1. The number of rotatable bonds is 3. The summed E-state index contributed by atoms with van der Waals surface area (Å²) in [5.74, 6) is 0.654. The molecule has 0 atom stereocenters. The summed E-state index contributed by atoms with van der Waals surface area (Å²) in [5, 5.41) is 4.49. The molecule has 1 aliphatic rings. The molecule has 1 N–H and O–H groups in total. The Morgan fingerprint density at radius 2 is 1.96 bits per heavy atom. The maximum atomic E-state index is 12.7. The van der Waals surface area contributed by atoms with Gasteiger partial charge in [-0.1, -0.05) is 30.3 Å². The minimum atomic E-state index is -0.0295. The van der Waals surface area contributed by atoms with Gasteiger partial charge >= 0.3 is 0 Å². The van der Waals surface area contributed by atoms with Crippen molar-refractivity contribution in [1.82, 2.24) is 24.6 Å². The van der Waals surface area contributed by atoms with Crippen molar-refractivity contribution in [3.8, 4) is 11.4 Å². The molecular weight excluding hydrogens is 326 g/mol. The van der Waals surface area contributed by atoms with Crippen molar-refractivity contribution in [2.45, 2.75) is 33.4 Å². The maximum absolute atomic E-state index is 12.7. The van der Waals surface area contributed by atoms with Crippen LogP contribution in [0.25, 0.3) is 11.4 Å². The molecule has 2 aromatic heterocycles. The highest BCUT2D eigenvalue weighted by molar-refractivity contribution is 5.54. The zero-order valence-corrected chi connectivity index (χ0v) is 15.4. The summed E-state index contributed by atoms with van der Waals surface area (Å²) in [4.78, 5) is 22.6. The first-order valence-corrected chi connectivity index (χ1v) is 8.92. The van der Waals surface area contributed by atoms with Gasteiger partial charge in [0.15, 0.2) is 0 Å². The van der Waals surface area contributed by atoms with E-state index in [1.807, 2.05) is 49.0 Å². The van der Waals surface area contributed by atoms with Gasteiger partial charge in [-0.05, 0) is 13.8 Å². The van der Waals surface area contributed by atoms with E-state index in [4.69, 9.17) is 4.98 Å². The largest absolute Gasteiger partial charge is 0.306 e. The van der Waals surface area contributed by atoms with Crippen LogP contribution in [0.5, 0.6) is 0 Å². The molecule has 6 nitrogen and oxygen atoms in total. The first-order valence-electron chi connectivity index (χ1n) is 8.92. The topological polar surface area (TPSA) is 66.8 Å². The number of aryl methyl sites for hydroxylation is 2. The molecule has 0 fully saturated rings. The molecule has 1 aromatic carbocycles. The van der Waals surface area contributed by atoms with Gasteiger partial charge in [-0.15, -0.1) is 0 Å². The highest BCUT2D eigenvalue weighted by Crippen LogP contribution is 2.21. The van der Waals surface area contributed by atoms with E-state index in [9.17, 15) is 4.79 Å². The Morgan fingerprint density at radius 1 is 1.19 bits per heavy atom. The lowest BCUT2D eigenvalue weighted by Crippen LogP contribution is -2.35. The van der Waals surface area contributed by atoms with Crippen LogP contribution in [0.1, 0.15) is 28.2 Å². The Bertz CT molecular complexity index is 1000. The van der Waals surface area contributed by atoms with Gasteiger partial charge in [0.25, 0.3) is 5.56 Å². The lowest BCUT2D eigenvalue weighted by molar-refractivity contribution is 0.241. The standard InChI is InChI=1S/C20H23N5O/c1-13-16(14(2)24(3)23-13)11-25-10-9-18-17(12-25)20(26)22-19(21-18)15-7-5-4-6-8-15/h4-8H,9-12H2,1-3H3,(H,21,22,26). The molecule has 0 aliphatic carbocycles. The first kappa shape index (κ1) is 16.7. The van der Waals surface area contributed by atoms with Crippen LogP contribution < -0.4 is 5.56 Å². The number of aromatic amines is 1. The third-order valence-corrected chi connectivity index (χ3v) is 5.24. The summed E-state index contributed by atoms with van der Waals surface area (Å²) in [6, 6.07) is 9.80. The van der Waals surface area contributed by atoms with Gasteiger partial charge in [-0.3, -0.25) is 14.4 Å². The summed E-state index contributed by atoms with van der Waals surface area (Å²) in [7, 11) is 1.97. The molecule has 0 amide bonds. The van der Waals surface area contributed by atoms with Crippen molar-refractivity contribution in [1.29, 1.82) is 0 Å². The summed E-state index contributed by atoms with van der Waals surface area (Å²) < 4.78 is 1.92. The fourth-order valence-corrected chi connectivity index (χ4v) is 3.62. The number of aromatic nitrogens is 4. The van der Waals surface area contributed by atoms with Gasteiger partial charge < -0.3 is 4.98 Å². The van der Waals surface area contributed by atoms with E-state index in [1.54, 1.807) is 0 Å². The van der Waals surface area contributed by atoms with Crippen LogP contribution >= 0.6 is 0 Å². The Labute approximate surface area is 152 Å². The molecule has 3 heterocycles. The van der Waals surface area contributed by atoms with Crippen molar-refractivity contribution >= 4 is 0 Å². The number of nitrogens with zero attached hydrogens (tertiary/aromatic N) is 4. The highest BCUT2D eigenvalue weighted by atomic mass is 16.1. The van der Waals surface area contributed by atoms with E-state index in [-0.39, 0.29) is 5.56 Å². The average Bonchev–Trinajstić information content (AvgIpc) is 2.89. The fourth-order valence-electron chi connectivity index (χ4n) is 3.62. The zero-order chi connectivity index (χ0) is 18.3. The molecular formula is C20H23N5O. The lowest BCUT2D eigenvalue weighted by atomic mass is 10.0. The maximum Gasteiger partial charge on any atom is 0.255 e. The van der Waals surface area contributed by atoms with Crippen LogP contribution in [0.15, 0.2) is 35.1 Å². The molecule has 134 valence electrons. The predicted octanol–water partition coefficient (Wildman–Crippen LogP) is 2.35. The van der Waals surface area contributed by atoms with Crippen LogP contribution in [0, 0.1) is 13.8 Å². The number of benzene rings is 1. The zero-order valence-electron chi connectivity index (χ0n) is 15.4. The number of fused-ring (bicyclic) bond motifs is 1. The predicted molar refractivity (Wildman–Crippen MR) is 101 cm³/mol. The van der Waals surface area contributed by atoms with E-state index in [0.29, 0.717) is 12.4 Å². The fraction of sp³-hybridized carbons (Fsp3) is 0.350. The van der Waals surface area contributed by atoms with Gasteiger partial charge in [0, 0.05) is 49.9 Å². The second kappa shape index (κ2) is 6.53. The molecule has 0 unspecified atom stereocenters. The third kappa shape index (κ3) is 2.97. The normalized spacial score (nSPS) is 14.4. The molecule has 4 rings (SSSR count). The molecule has 26 heavy (non-hydrogen) atoms. The average molecular weight is 349 g/mol. The highest BCUT2D eigenvalue weighted by Gasteiger charge is 2.23. The molecule has 0 spiro atoms. The van der Waals surface area contributed by atoms with Crippen molar-refractivity contribution in [2.24, 2.45) is 7.05 Å². The summed E-state index contributed by atoms with van der Waals surface area (Å²) in [6.45, 7) is 6.46. The van der Waals surface area contributed by atoms with Crippen molar-refractivity contribution < 1.29 is 0 Å². The Hall–Kier alpha value is -2.73. The molecule has 6 heteroatoms. The molecule has 3 aromatic rings. The SMILES string of the molecule is Cc1nn(C)c(C)c1CN1CCc2nc(-c3ccccc3)[nH]c(=O)c2C1. The number of hydrogen-bond acceptors (Lipinski definition) is 4. The van der Waals surface area contributed by atoms with Gasteiger partial charge in [0.05, 0.1) is 17.0 Å². The monoisotopic (exact) mass is 349 g/mol. The molecule has 0 saturated carbocycles. The molecule has 0 bridgehead atoms. The third-order valence-electron chi connectivity index (χ3n) is 5.24. The second-order valence-corrected chi connectivity index (χ2v) is 6.94. The first-order chi connectivity index (χ1) is 12.5. The van der Waals surface area contributed by atoms with Crippen LogP contribution in [-0.4, -0.2) is 31.2 Å². The van der Waals surface area contributed by atoms with Crippen LogP contribution in [-0.2, 0) is 26.6 Å². The van der Waals surface area contributed by atoms with E-state index in [0.717, 1.165) is 42.0 Å². The van der Waals surface area contributed by atoms with E-state index < -0.39 is 0 Å². The van der Waals surface area contributed by atoms with Crippen LogP contribution in [0.2, 0.25) is 0 Å². The summed E-state index contributed by atoms with van der Waals surface area (Å²) in [6.07, 6.45) is 0.789. The van der Waals surface area contributed by atoms with Gasteiger partial charge in [-0.25, -0.2) is 4.98 Å². The Morgan fingerprint density at radius 3 is 2.65 bits per heavy atom. The van der Waals surface area contributed by atoms with Crippen molar-refractivity contribution in [2.75, 3.05) is 6.54 Å². The number of hydrogen-bond donors (Lipinski definition) is 1. The quantitative estimate of drug-likeness (QED) is 0.788. The number of H-pyrrole nitrogens is 1. The minimum Gasteiger partial charge on any atom is -0.306 e. The van der Waals surface area contributed by atoms with Gasteiger partial charge in [-0.2, -0.15) is 5.10 Å². The van der Waals surface area contributed by atoms with E-state index in [2.05, 4.69) is 21.9 Å². The van der Waals surface area contributed by atoms with Crippen LogP contribution in [0.3, 0.4) is 0 Å². The Kier molecular flexibility index (Phi) is 4.20. The van der Waals surface area contributed by atoms with E-state index in [1.165, 1.54) is 11.3 Å². The minimum absolute atomic E-state index is 0.0295. The Balaban J connectivity index is 1.60.